The van der Waals surface area contributed by atoms with Crippen molar-refractivity contribution < 1.29 is 22.3 Å². The highest BCUT2D eigenvalue weighted by Gasteiger charge is 2.40. The minimum absolute atomic E-state index is 0.0331. The van der Waals surface area contributed by atoms with E-state index >= 15 is 0 Å². The van der Waals surface area contributed by atoms with Crippen molar-refractivity contribution in [2.45, 2.75) is 19.7 Å². The lowest BCUT2D eigenvalue weighted by Crippen LogP contribution is -2.16. The van der Waals surface area contributed by atoms with Crippen LogP contribution >= 0.6 is 11.3 Å². The fraction of sp³-hybridized carbons (Fsp3) is 0.143. The molecule has 2 aromatic carbocycles. The number of rotatable bonds is 4. The molecule has 148 valence electrons. The van der Waals surface area contributed by atoms with Gasteiger partial charge in [0.2, 0.25) is 11.2 Å². The third-order valence-electron chi connectivity index (χ3n) is 4.24. The van der Waals surface area contributed by atoms with Crippen LogP contribution in [0, 0.1) is 6.92 Å². The topological polar surface area (TPSA) is 52.3 Å². The number of hydrogen-bond acceptors (Lipinski definition) is 5. The first-order chi connectivity index (χ1) is 13.8. The van der Waals surface area contributed by atoms with Crippen LogP contribution in [0.1, 0.15) is 16.3 Å². The highest BCUT2D eigenvalue weighted by Crippen LogP contribution is 2.38. The van der Waals surface area contributed by atoms with Crippen molar-refractivity contribution in [3.05, 3.63) is 80.5 Å². The average molecular weight is 417 g/mol. The number of ether oxygens (including phenoxy) is 1. The van der Waals surface area contributed by atoms with Crippen LogP contribution in [0.5, 0.6) is 5.75 Å². The van der Waals surface area contributed by atoms with E-state index in [-0.39, 0.29) is 23.3 Å². The molecule has 4 rings (SSSR count). The lowest BCUT2D eigenvalue weighted by molar-refractivity contribution is -0.152. The van der Waals surface area contributed by atoms with E-state index in [9.17, 15) is 18.0 Å². The predicted octanol–water partition coefficient (Wildman–Crippen LogP) is 5.82. The molecular weight excluding hydrogens is 403 g/mol. The van der Waals surface area contributed by atoms with Crippen molar-refractivity contribution in [3.63, 3.8) is 0 Å². The summed E-state index contributed by atoms with van der Waals surface area (Å²) in [4.78, 5) is 16.9. The third kappa shape index (κ3) is 3.88. The van der Waals surface area contributed by atoms with E-state index in [2.05, 4.69) is 4.98 Å². The Bertz CT molecular complexity index is 1230. The Morgan fingerprint density at radius 2 is 1.90 bits per heavy atom. The van der Waals surface area contributed by atoms with Gasteiger partial charge in [0.25, 0.3) is 0 Å². The van der Waals surface area contributed by atoms with Gasteiger partial charge in [0, 0.05) is 11.4 Å². The van der Waals surface area contributed by atoms with Gasteiger partial charge in [-0.15, -0.1) is 11.3 Å². The summed E-state index contributed by atoms with van der Waals surface area (Å²) in [7, 11) is 0. The van der Waals surface area contributed by atoms with Gasteiger partial charge >= 0.3 is 6.18 Å². The summed E-state index contributed by atoms with van der Waals surface area (Å²) in [6.07, 6.45) is -4.85. The van der Waals surface area contributed by atoms with Gasteiger partial charge in [-0.05, 0) is 24.6 Å². The van der Waals surface area contributed by atoms with E-state index in [1.165, 1.54) is 23.6 Å². The molecule has 0 spiro atoms. The van der Waals surface area contributed by atoms with E-state index in [0.29, 0.717) is 10.8 Å². The molecule has 0 saturated heterocycles. The Balaban J connectivity index is 1.80. The maximum atomic E-state index is 13.6. The Hall–Kier alpha value is -3.13. The summed E-state index contributed by atoms with van der Waals surface area (Å²) in [6.45, 7) is 1.89. The second kappa shape index (κ2) is 7.36. The number of aromatic nitrogens is 1. The molecule has 0 fully saturated rings. The van der Waals surface area contributed by atoms with Gasteiger partial charge in [0.15, 0.2) is 0 Å². The molecule has 0 radical (unpaired) electrons. The molecule has 2 aromatic heterocycles. The lowest BCUT2D eigenvalue weighted by atomic mass is 10.1. The molecule has 0 amide bonds. The van der Waals surface area contributed by atoms with Gasteiger partial charge in [0.05, 0.1) is 21.7 Å². The van der Waals surface area contributed by atoms with Crippen molar-refractivity contribution in [3.8, 4) is 17.0 Å². The first kappa shape index (κ1) is 19.2. The van der Waals surface area contributed by atoms with E-state index in [1.807, 2.05) is 30.3 Å². The van der Waals surface area contributed by atoms with Gasteiger partial charge in [0.1, 0.15) is 17.9 Å². The van der Waals surface area contributed by atoms with Crippen LogP contribution in [0.25, 0.3) is 22.2 Å². The molecule has 29 heavy (non-hydrogen) atoms. The molecule has 0 atom stereocenters. The summed E-state index contributed by atoms with van der Waals surface area (Å²) in [5.41, 5.74) is -0.687. The molecule has 0 unspecified atom stereocenters. The number of alkyl halides is 3. The molecule has 0 saturated carbocycles. The Morgan fingerprint density at radius 3 is 2.55 bits per heavy atom. The van der Waals surface area contributed by atoms with Gasteiger partial charge in [-0.3, -0.25) is 4.79 Å². The highest BCUT2D eigenvalue weighted by molar-refractivity contribution is 7.09. The smallest absolute Gasteiger partial charge is 0.450 e. The minimum Gasteiger partial charge on any atom is -0.489 e. The number of thiazole rings is 1. The second-order valence-electron chi connectivity index (χ2n) is 6.32. The Labute approximate surface area is 167 Å². The molecule has 4 aromatic rings. The number of aryl methyl sites for hydroxylation is 1. The number of benzene rings is 2. The summed E-state index contributed by atoms with van der Waals surface area (Å²) in [5.74, 6) is -1.06. The molecule has 0 aliphatic carbocycles. The van der Waals surface area contributed by atoms with Crippen LogP contribution in [-0.4, -0.2) is 4.98 Å². The summed E-state index contributed by atoms with van der Waals surface area (Å²) in [6, 6.07) is 13.6. The molecule has 0 N–H and O–H groups in total. The zero-order chi connectivity index (χ0) is 20.6. The summed E-state index contributed by atoms with van der Waals surface area (Å²) < 4.78 is 51.7. The number of hydrogen-bond donors (Lipinski definition) is 0. The quantitative estimate of drug-likeness (QED) is 0.420. The summed E-state index contributed by atoms with van der Waals surface area (Å²) >= 11 is 1.16. The molecular formula is C21H14F3NO3S. The van der Waals surface area contributed by atoms with Crippen LogP contribution < -0.4 is 10.2 Å². The van der Waals surface area contributed by atoms with Crippen LogP contribution in [0.2, 0.25) is 0 Å². The first-order valence-corrected chi connectivity index (χ1v) is 9.48. The van der Waals surface area contributed by atoms with Crippen LogP contribution in [0.15, 0.2) is 63.1 Å². The Morgan fingerprint density at radius 1 is 1.14 bits per heavy atom. The highest BCUT2D eigenvalue weighted by atomic mass is 32.1. The molecule has 2 heterocycles. The fourth-order valence-electron chi connectivity index (χ4n) is 2.91. The maximum Gasteiger partial charge on any atom is 0.450 e. The number of nitrogens with zero attached hydrogens (tertiary/aromatic N) is 1. The van der Waals surface area contributed by atoms with Crippen LogP contribution in [-0.2, 0) is 12.8 Å². The molecule has 0 aliphatic heterocycles. The number of halogens is 3. The molecule has 4 nitrogen and oxygen atoms in total. The van der Waals surface area contributed by atoms with Crippen molar-refractivity contribution in [2.75, 3.05) is 0 Å². The average Bonchev–Trinajstić information content (AvgIpc) is 3.12. The van der Waals surface area contributed by atoms with E-state index < -0.39 is 22.9 Å². The van der Waals surface area contributed by atoms with Crippen LogP contribution in [0.4, 0.5) is 13.2 Å². The van der Waals surface area contributed by atoms with Crippen molar-refractivity contribution in [1.29, 1.82) is 0 Å². The molecule has 0 aliphatic rings. The lowest BCUT2D eigenvalue weighted by Gasteiger charge is -2.12. The first-order valence-electron chi connectivity index (χ1n) is 8.60. The monoisotopic (exact) mass is 417 g/mol. The van der Waals surface area contributed by atoms with Gasteiger partial charge in [-0.2, -0.15) is 13.2 Å². The molecule has 0 bridgehead atoms. The predicted molar refractivity (Wildman–Crippen MR) is 104 cm³/mol. The van der Waals surface area contributed by atoms with Gasteiger partial charge in [-0.1, -0.05) is 30.3 Å². The second-order valence-corrected chi connectivity index (χ2v) is 7.38. The maximum absolute atomic E-state index is 13.6. The van der Waals surface area contributed by atoms with E-state index in [1.54, 1.807) is 6.92 Å². The third-order valence-corrected chi connectivity index (χ3v) is 5.02. The van der Waals surface area contributed by atoms with Crippen molar-refractivity contribution in [2.24, 2.45) is 0 Å². The Kier molecular flexibility index (Phi) is 4.87. The zero-order valence-electron chi connectivity index (χ0n) is 15.1. The van der Waals surface area contributed by atoms with Gasteiger partial charge < -0.3 is 9.15 Å². The summed E-state index contributed by atoms with van der Waals surface area (Å²) in [5, 5.41) is 2.00. The van der Waals surface area contributed by atoms with E-state index in [0.717, 1.165) is 16.9 Å². The van der Waals surface area contributed by atoms with Crippen molar-refractivity contribution in [1.82, 2.24) is 4.98 Å². The van der Waals surface area contributed by atoms with E-state index in [4.69, 9.17) is 9.15 Å². The van der Waals surface area contributed by atoms with Crippen molar-refractivity contribution >= 4 is 22.3 Å². The standard InChI is InChI=1S/C21H14F3NO3S/c1-12-25-16(11-29-12)18-19(26)15-8-7-14(27-10-13-5-3-2-4-6-13)9-17(15)28-20(18)21(22,23)24/h2-9,11H,10H2,1H3. The number of fused-ring (bicyclic) bond motifs is 1. The largest absolute Gasteiger partial charge is 0.489 e. The van der Waals surface area contributed by atoms with Crippen LogP contribution in [0.3, 0.4) is 0 Å². The van der Waals surface area contributed by atoms with Gasteiger partial charge in [-0.25, -0.2) is 4.98 Å². The minimum atomic E-state index is -4.85. The molecule has 8 heteroatoms. The zero-order valence-corrected chi connectivity index (χ0v) is 15.9. The fourth-order valence-corrected chi connectivity index (χ4v) is 3.52. The SMILES string of the molecule is Cc1nc(-c2c(C(F)(F)F)oc3cc(OCc4ccccc4)ccc3c2=O)cs1. The normalized spacial score (nSPS) is 11.7.